The first kappa shape index (κ1) is 15.2. The summed E-state index contributed by atoms with van der Waals surface area (Å²) in [6.07, 6.45) is 1.12. The van der Waals surface area contributed by atoms with E-state index >= 15 is 0 Å². The molecular weight excluding hydrogens is 286 g/mol. The van der Waals surface area contributed by atoms with Crippen molar-refractivity contribution in [2.24, 2.45) is 0 Å². The largest absolute Gasteiger partial charge is 0.361 e. The number of nitrogens with zero attached hydrogens (tertiary/aromatic N) is 1. The second-order valence-corrected chi connectivity index (χ2v) is 5.74. The molecular formula is C20H19NO2. The van der Waals surface area contributed by atoms with Gasteiger partial charge in [-0.25, -0.2) is 0 Å². The third-order valence-electron chi connectivity index (χ3n) is 3.92. The first-order chi connectivity index (χ1) is 11.2. The van der Waals surface area contributed by atoms with Gasteiger partial charge in [0.15, 0.2) is 5.78 Å². The highest BCUT2D eigenvalue weighted by molar-refractivity contribution is 5.96. The van der Waals surface area contributed by atoms with Crippen LogP contribution in [0.1, 0.15) is 39.7 Å². The molecule has 0 saturated heterocycles. The summed E-state index contributed by atoms with van der Waals surface area (Å²) in [5, 5.41) is 3.94. The summed E-state index contributed by atoms with van der Waals surface area (Å²) >= 11 is 0. The smallest absolute Gasteiger partial charge is 0.163 e. The summed E-state index contributed by atoms with van der Waals surface area (Å²) < 4.78 is 5.34. The van der Waals surface area contributed by atoms with Crippen molar-refractivity contribution < 1.29 is 9.32 Å². The number of rotatable bonds is 6. The Morgan fingerprint density at radius 3 is 2.30 bits per heavy atom. The van der Waals surface area contributed by atoms with Crippen molar-refractivity contribution in [3.63, 3.8) is 0 Å². The van der Waals surface area contributed by atoms with Crippen LogP contribution in [0.2, 0.25) is 0 Å². The Kier molecular flexibility index (Phi) is 4.67. The van der Waals surface area contributed by atoms with Crippen LogP contribution in [0, 0.1) is 6.92 Å². The number of hydrogen-bond acceptors (Lipinski definition) is 3. The molecule has 0 bridgehead atoms. The van der Waals surface area contributed by atoms with Crippen molar-refractivity contribution in [1.82, 2.24) is 5.16 Å². The lowest BCUT2D eigenvalue weighted by molar-refractivity contribution is 0.0972. The molecule has 0 spiro atoms. The molecule has 0 unspecified atom stereocenters. The highest BCUT2D eigenvalue weighted by Gasteiger charge is 2.19. The zero-order valence-electron chi connectivity index (χ0n) is 13.1. The van der Waals surface area contributed by atoms with Gasteiger partial charge < -0.3 is 4.52 Å². The van der Waals surface area contributed by atoms with Crippen molar-refractivity contribution in [3.05, 3.63) is 89.3 Å². The Balaban J connectivity index is 1.82. The molecule has 0 N–H and O–H groups in total. The van der Waals surface area contributed by atoms with Crippen LogP contribution in [0.4, 0.5) is 0 Å². The number of Topliss-reactive ketones (excluding diaryl/α,β-unsaturated/α-hetero) is 1. The second kappa shape index (κ2) is 7.05. The molecule has 0 fully saturated rings. The third kappa shape index (κ3) is 3.95. The maximum atomic E-state index is 12.6. The van der Waals surface area contributed by atoms with E-state index < -0.39 is 0 Å². The van der Waals surface area contributed by atoms with Gasteiger partial charge in [-0.05, 0) is 18.4 Å². The number of aromatic nitrogens is 1. The van der Waals surface area contributed by atoms with E-state index in [1.165, 1.54) is 0 Å². The summed E-state index contributed by atoms with van der Waals surface area (Å²) in [7, 11) is 0. The lowest BCUT2D eigenvalue weighted by Gasteiger charge is -2.15. The molecule has 0 aliphatic carbocycles. The van der Waals surface area contributed by atoms with E-state index in [-0.39, 0.29) is 11.7 Å². The third-order valence-corrected chi connectivity index (χ3v) is 3.92. The van der Waals surface area contributed by atoms with Gasteiger partial charge in [0.25, 0.3) is 0 Å². The van der Waals surface area contributed by atoms with Crippen molar-refractivity contribution in [1.29, 1.82) is 0 Å². The first-order valence-corrected chi connectivity index (χ1v) is 7.78. The molecule has 2 aromatic carbocycles. The summed E-state index contributed by atoms with van der Waals surface area (Å²) in [6.45, 7) is 1.90. The summed E-state index contributed by atoms with van der Waals surface area (Å²) in [6, 6.07) is 21.5. The van der Waals surface area contributed by atoms with E-state index in [4.69, 9.17) is 4.52 Å². The Labute approximate surface area is 135 Å². The number of hydrogen-bond donors (Lipinski definition) is 0. The number of ketones is 1. The highest BCUT2D eigenvalue weighted by atomic mass is 16.5. The minimum Gasteiger partial charge on any atom is -0.361 e. The van der Waals surface area contributed by atoms with Crippen molar-refractivity contribution in [2.45, 2.75) is 25.7 Å². The Hall–Kier alpha value is -2.68. The van der Waals surface area contributed by atoms with E-state index in [0.29, 0.717) is 12.8 Å². The molecule has 3 nitrogen and oxygen atoms in total. The molecule has 0 aliphatic rings. The topological polar surface area (TPSA) is 43.1 Å². The van der Waals surface area contributed by atoms with Crippen LogP contribution in [0.5, 0.6) is 0 Å². The highest BCUT2D eigenvalue weighted by Crippen LogP contribution is 2.26. The number of carbonyl (C=O) groups excluding carboxylic acids is 1. The van der Waals surface area contributed by atoms with Crippen LogP contribution in [0.3, 0.4) is 0 Å². The fourth-order valence-corrected chi connectivity index (χ4v) is 2.75. The van der Waals surface area contributed by atoms with Crippen molar-refractivity contribution >= 4 is 5.78 Å². The SMILES string of the molecule is Cc1cc(C[C@@H](CC(=O)c2ccccc2)c2ccccc2)on1. The molecule has 1 heterocycles. The van der Waals surface area contributed by atoms with Gasteiger partial charge in [0.05, 0.1) is 5.69 Å². The molecule has 0 aliphatic heterocycles. The number of benzene rings is 2. The first-order valence-electron chi connectivity index (χ1n) is 7.78. The predicted molar refractivity (Wildman–Crippen MR) is 89.5 cm³/mol. The predicted octanol–water partition coefficient (Wildman–Crippen LogP) is 4.58. The van der Waals surface area contributed by atoms with Crippen LogP contribution in [-0.2, 0) is 6.42 Å². The molecule has 0 radical (unpaired) electrons. The molecule has 1 atom stereocenters. The van der Waals surface area contributed by atoms with Gasteiger partial charge in [-0.3, -0.25) is 4.79 Å². The molecule has 0 amide bonds. The Morgan fingerprint density at radius 1 is 1.04 bits per heavy atom. The van der Waals surface area contributed by atoms with Gasteiger partial charge in [0.1, 0.15) is 5.76 Å². The van der Waals surface area contributed by atoms with E-state index in [9.17, 15) is 4.79 Å². The summed E-state index contributed by atoms with van der Waals surface area (Å²) in [5.74, 6) is 1.05. The fourth-order valence-electron chi connectivity index (χ4n) is 2.75. The maximum absolute atomic E-state index is 12.6. The van der Waals surface area contributed by atoms with Gasteiger partial charge in [-0.1, -0.05) is 65.8 Å². The number of aryl methyl sites for hydroxylation is 1. The van der Waals surface area contributed by atoms with Crippen LogP contribution in [0.25, 0.3) is 0 Å². The van der Waals surface area contributed by atoms with Crippen LogP contribution >= 0.6 is 0 Å². The molecule has 23 heavy (non-hydrogen) atoms. The monoisotopic (exact) mass is 305 g/mol. The molecule has 1 aromatic heterocycles. The van der Waals surface area contributed by atoms with Crippen LogP contribution < -0.4 is 0 Å². The fraction of sp³-hybridized carbons (Fsp3) is 0.200. The summed E-state index contributed by atoms with van der Waals surface area (Å²) in [5.41, 5.74) is 2.76. The van der Waals surface area contributed by atoms with E-state index in [1.54, 1.807) is 0 Å². The van der Waals surface area contributed by atoms with E-state index in [2.05, 4.69) is 17.3 Å². The Morgan fingerprint density at radius 2 is 1.70 bits per heavy atom. The lowest BCUT2D eigenvalue weighted by Crippen LogP contribution is -2.10. The van der Waals surface area contributed by atoms with E-state index in [0.717, 1.165) is 22.6 Å². The lowest BCUT2D eigenvalue weighted by atomic mass is 9.88. The zero-order valence-corrected chi connectivity index (χ0v) is 13.1. The van der Waals surface area contributed by atoms with Gasteiger partial charge in [-0.2, -0.15) is 0 Å². The normalized spacial score (nSPS) is 12.0. The van der Waals surface area contributed by atoms with Crippen molar-refractivity contribution in [2.75, 3.05) is 0 Å². The van der Waals surface area contributed by atoms with Crippen molar-refractivity contribution in [3.8, 4) is 0 Å². The maximum Gasteiger partial charge on any atom is 0.163 e. The second-order valence-electron chi connectivity index (χ2n) is 5.74. The molecule has 0 saturated carbocycles. The quantitative estimate of drug-likeness (QED) is 0.626. The van der Waals surface area contributed by atoms with E-state index in [1.807, 2.05) is 61.5 Å². The van der Waals surface area contributed by atoms with Crippen LogP contribution in [-0.4, -0.2) is 10.9 Å². The summed E-state index contributed by atoms with van der Waals surface area (Å²) in [4.78, 5) is 12.6. The zero-order chi connectivity index (χ0) is 16.1. The molecule has 116 valence electrons. The number of carbonyl (C=O) groups is 1. The molecule has 3 rings (SSSR count). The van der Waals surface area contributed by atoms with Gasteiger partial charge in [-0.15, -0.1) is 0 Å². The molecule has 3 aromatic rings. The minimum absolute atomic E-state index is 0.0799. The van der Waals surface area contributed by atoms with Gasteiger partial charge in [0, 0.05) is 24.5 Å². The van der Waals surface area contributed by atoms with Crippen LogP contribution in [0.15, 0.2) is 71.3 Å². The Bertz CT molecular complexity index is 763. The standard InChI is InChI=1S/C20H19NO2/c1-15-12-19(23-21-15)13-18(16-8-4-2-5-9-16)14-20(22)17-10-6-3-7-11-17/h2-12,18H,13-14H2,1H3/t18-/m0/s1. The van der Waals surface area contributed by atoms with Gasteiger partial charge in [0.2, 0.25) is 0 Å². The minimum atomic E-state index is 0.0799. The van der Waals surface area contributed by atoms with Gasteiger partial charge >= 0.3 is 0 Å². The molecule has 3 heteroatoms. The average Bonchev–Trinajstić information content (AvgIpc) is 3.01. The average molecular weight is 305 g/mol.